The molecule has 4 nitrogen and oxygen atoms in total. The highest BCUT2D eigenvalue weighted by Gasteiger charge is 2.41. The van der Waals surface area contributed by atoms with Crippen molar-refractivity contribution in [2.24, 2.45) is 0 Å². The molecule has 2 fully saturated rings. The first-order valence-corrected chi connectivity index (χ1v) is 6.62. The van der Waals surface area contributed by atoms with E-state index >= 15 is 0 Å². The monoisotopic (exact) mass is 204 g/mol. The van der Waals surface area contributed by atoms with Crippen LogP contribution in [0, 0.1) is 0 Å². The van der Waals surface area contributed by atoms with Gasteiger partial charge in [0.25, 0.3) is 0 Å². The first-order chi connectivity index (χ1) is 6.12. The molecule has 1 N–H and O–H groups in total. The van der Waals surface area contributed by atoms with E-state index in [1.54, 1.807) is 0 Å². The van der Waals surface area contributed by atoms with Gasteiger partial charge in [-0.3, -0.25) is 4.90 Å². The normalized spacial score (nSPS) is 38.8. The molecule has 2 heterocycles. The topological polar surface area (TPSA) is 49.4 Å². The fourth-order valence-electron chi connectivity index (χ4n) is 2.34. The molecule has 5 heteroatoms. The van der Waals surface area contributed by atoms with Gasteiger partial charge in [0.05, 0.1) is 11.5 Å². The molecule has 0 spiro atoms. The SMILES string of the molecule is CCN1CCN[C@@H]2CS(=O)(=O)C[C@H]21. The maximum atomic E-state index is 11.4. The number of piperazine rings is 1. The Morgan fingerprint density at radius 3 is 2.92 bits per heavy atom. The number of fused-ring (bicyclic) bond motifs is 1. The van der Waals surface area contributed by atoms with Crippen molar-refractivity contribution in [2.75, 3.05) is 31.1 Å². The Morgan fingerprint density at radius 1 is 1.46 bits per heavy atom. The third-order valence-corrected chi connectivity index (χ3v) is 4.72. The highest BCUT2D eigenvalue weighted by molar-refractivity contribution is 7.91. The zero-order valence-corrected chi connectivity index (χ0v) is 8.68. The summed E-state index contributed by atoms with van der Waals surface area (Å²) in [5, 5.41) is 3.28. The van der Waals surface area contributed by atoms with Crippen molar-refractivity contribution in [2.45, 2.75) is 19.0 Å². The predicted octanol–water partition coefficient (Wildman–Crippen LogP) is -0.923. The summed E-state index contributed by atoms with van der Waals surface area (Å²) in [5.41, 5.74) is 0. The largest absolute Gasteiger partial charge is 0.310 e. The lowest BCUT2D eigenvalue weighted by Crippen LogP contribution is -2.57. The zero-order chi connectivity index (χ0) is 9.47. The van der Waals surface area contributed by atoms with Crippen molar-refractivity contribution in [1.82, 2.24) is 10.2 Å². The van der Waals surface area contributed by atoms with E-state index < -0.39 is 9.84 Å². The van der Waals surface area contributed by atoms with Crippen molar-refractivity contribution in [1.29, 1.82) is 0 Å². The van der Waals surface area contributed by atoms with Crippen LogP contribution in [0.3, 0.4) is 0 Å². The summed E-state index contributed by atoms with van der Waals surface area (Å²) in [6.45, 7) is 4.95. The Labute approximate surface area is 79.2 Å². The lowest BCUT2D eigenvalue weighted by atomic mass is 10.1. The Balaban J connectivity index is 2.17. The predicted molar refractivity (Wildman–Crippen MR) is 51.5 cm³/mol. The van der Waals surface area contributed by atoms with Crippen LogP contribution in [0.5, 0.6) is 0 Å². The molecule has 2 aliphatic rings. The van der Waals surface area contributed by atoms with E-state index in [-0.39, 0.29) is 12.1 Å². The minimum Gasteiger partial charge on any atom is -0.310 e. The van der Waals surface area contributed by atoms with Crippen molar-refractivity contribution in [3.8, 4) is 0 Å². The van der Waals surface area contributed by atoms with E-state index in [0.29, 0.717) is 11.5 Å². The molecule has 0 amide bonds. The van der Waals surface area contributed by atoms with Crippen LogP contribution in [-0.2, 0) is 9.84 Å². The maximum absolute atomic E-state index is 11.4. The van der Waals surface area contributed by atoms with Crippen LogP contribution in [0.2, 0.25) is 0 Å². The second-order valence-corrected chi connectivity index (χ2v) is 5.99. The van der Waals surface area contributed by atoms with Crippen LogP contribution >= 0.6 is 0 Å². The number of nitrogens with zero attached hydrogens (tertiary/aromatic N) is 1. The quantitative estimate of drug-likeness (QED) is 0.600. The Kier molecular flexibility index (Phi) is 2.33. The van der Waals surface area contributed by atoms with Gasteiger partial charge in [-0.1, -0.05) is 6.92 Å². The minimum atomic E-state index is -2.78. The van der Waals surface area contributed by atoms with Crippen molar-refractivity contribution in [3.63, 3.8) is 0 Å². The lowest BCUT2D eigenvalue weighted by Gasteiger charge is -2.36. The first-order valence-electron chi connectivity index (χ1n) is 4.80. The molecule has 0 aromatic heterocycles. The molecule has 0 bridgehead atoms. The highest BCUT2D eigenvalue weighted by atomic mass is 32.2. The van der Waals surface area contributed by atoms with Crippen LogP contribution < -0.4 is 5.32 Å². The van der Waals surface area contributed by atoms with E-state index in [4.69, 9.17) is 0 Å². The number of nitrogens with one attached hydrogen (secondary N) is 1. The third-order valence-electron chi connectivity index (χ3n) is 3.00. The second-order valence-electron chi connectivity index (χ2n) is 3.83. The molecule has 0 saturated carbocycles. The molecular formula is C8H16N2O2S. The van der Waals surface area contributed by atoms with Gasteiger partial charge in [-0.25, -0.2) is 8.42 Å². The zero-order valence-electron chi connectivity index (χ0n) is 7.86. The summed E-state index contributed by atoms with van der Waals surface area (Å²) in [4.78, 5) is 2.27. The van der Waals surface area contributed by atoms with Gasteiger partial charge in [-0.05, 0) is 6.54 Å². The minimum absolute atomic E-state index is 0.179. The summed E-state index contributed by atoms with van der Waals surface area (Å²) < 4.78 is 22.8. The fourth-order valence-corrected chi connectivity index (χ4v) is 4.32. The summed E-state index contributed by atoms with van der Waals surface area (Å²) in [6, 6.07) is 0.405. The molecule has 2 atom stereocenters. The van der Waals surface area contributed by atoms with Gasteiger partial charge in [0.2, 0.25) is 0 Å². The third kappa shape index (κ3) is 1.73. The number of hydrogen-bond donors (Lipinski definition) is 1. The van der Waals surface area contributed by atoms with E-state index in [1.165, 1.54) is 0 Å². The molecule has 0 aliphatic carbocycles. The fraction of sp³-hybridized carbons (Fsp3) is 1.00. The standard InChI is InChI=1S/C8H16N2O2S/c1-2-10-4-3-9-7-5-13(11,12)6-8(7)10/h7-9H,2-6H2,1H3/t7-,8-/m1/s1. The number of hydrogen-bond acceptors (Lipinski definition) is 4. The molecule has 76 valence electrons. The van der Waals surface area contributed by atoms with Gasteiger partial charge in [0.1, 0.15) is 0 Å². The molecular weight excluding hydrogens is 188 g/mol. The van der Waals surface area contributed by atoms with Gasteiger partial charge in [-0.15, -0.1) is 0 Å². The lowest BCUT2D eigenvalue weighted by molar-refractivity contribution is 0.157. The van der Waals surface area contributed by atoms with E-state index in [2.05, 4.69) is 17.1 Å². The van der Waals surface area contributed by atoms with Crippen molar-refractivity contribution >= 4 is 9.84 Å². The average Bonchev–Trinajstić information content (AvgIpc) is 2.37. The van der Waals surface area contributed by atoms with E-state index in [9.17, 15) is 8.42 Å². The molecule has 0 aromatic rings. The molecule has 0 radical (unpaired) electrons. The molecule has 2 aliphatic heterocycles. The number of likely N-dealkylation sites (N-methyl/N-ethyl adjacent to an activating group) is 1. The second kappa shape index (κ2) is 3.22. The molecule has 0 unspecified atom stereocenters. The number of sulfone groups is 1. The maximum Gasteiger partial charge on any atom is 0.153 e. The number of rotatable bonds is 1. The van der Waals surface area contributed by atoms with Gasteiger partial charge in [-0.2, -0.15) is 0 Å². The Bertz CT molecular complexity index is 289. The van der Waals surface area contributed by atoms with Crippen LogP contribution in [0.25, 0.3) is 0 Å². The van der Waals surface area contributed by atoms with Crippen LogP contribution in [0.4, 0.5) is 0 Å². The molecule has 0 aromatic carbocycles. The molecule has 13 heavy (non-hydrogen) atoms. The Morgan fingerprint density at radius 2 is 2.23 bits per heavy atom. The molecule has 2 saturated heterocycles. The van der Waals surface area contributed by atoms with Crippen molar-refractivity contribution in [3.05, 3.63) is 0 Å². The van der Waals surface area contributed by atoms with Gasteiger partial charge >= 0.3 is 0 Å². The summed E-state index contributed by atoms with van der Waals surface area (Å²) in [6.07, 6.45) is 0. The highest BCUT2D eigenvalue weighted by Crippen LogP contribution is 2.20. The van der Waals surface area contributed by atoms with E-state index in [0.717, 1.165) is 19.6 Å². The average molecular weight is 204 g/mol. The van der Waals surface area contributed by atoms with Gasteiger partial charge in [0, 0.05) is 25.2 Å². The van der Waals surface area contributed by atoms with Crippen LogP contribution in [-0.4, -0.2) is 56.5 Å². The van der Waals surface area contributed by atoms with E-state index in [1.807, 2.05) is 0 Å². The van der Waals surface area contributed by atoms with Gasteiger partial charge < -0.3 is 5.32 Å². The van der Waals surface area contributed by atoms with Gasteiger partial charge in [0.15, 0.2) is 9.84 Å². The van der Waals surface area contributed by atoms with Crippen LogP contribution in [0.15, 0.2) is 0 Å². The molecule has 2 rings (SSSR count). The smallest absolute Gasteiger partial charge is 0.153 e. The summed E-state index contributed by atoms with van der Waals surface area (Å²) in [7, 11) is -2.78. The van der Waals surface area contributed by atoms with Crippen molar-refractivity contribution < 1.29 is 8.42 Å². The summed E-state index contributed by atoms with van der Waals surface area (Å²) in [5.74, 6) is 0.673. The summed E-state index contributed by atoms with van der Waals surface area (Å²) >= 11 is 0. The first kappa shape index (κ1) is 9.43. The Hall–Kier alpha value is -0.130. The van der Waals surface area contributed by atoms with Crippen LogP contribution in [0.1, 0.15) is 6.92 Å².